The second kappa shape index (κ2) is 7.25. The first kappa shape index (κ1) is 18.5. The monoisotopic (exact) mass is 421 g/mol. The van der Waals surface area contributed by atoms with Crippen molar-refractivity contribution in [1.82, 2.24) is 20.3 Å². The quantitative estimate of drug-likeness (QED) is 0.579. The number of H-pyrrole nitrogens is 2. The number of aromatic nitrogens is 4. The number of aromatic amines is 2. The summed E-state index contributed by atoms with van der Waals surface area (Å²) in [5, 5.41) is 13.0. The van der Waals surface area contributed by atoms with Crippen molar-refractivity contribution in [3.05, 3.63) is 71.8 Å². The van der Waals surface area contributed by atoms with Crippen molar-refractivity contribution in [2.24, 2.45) is 0 Å². The molecule has 1 aliphatic carbocycles. The third-order valence-electron chi connectivity index (χ3n) is 4.31. The normalized spacial score (nSPS) is 13.5. The smallest absolute Gasteiger partial charge is 0.319 e. The van der Waals surface area contributed by atoms with E-state index in [2.05, 4.69) is 30.2 Å². The Labute approximate surface area is 167 Å². The molecular formula is C17H13Cl2N5O4. The molecule has 0 saturated heterocycles. The maximum atomic E-state index is 12.0. The van der Waals surface area contributed by atoms with Crippen LogP contribution in [0.1, 0.15) is 46.2 Å². The van der Waals surface area contributed by atoms with Gasteiger partial charge in [0.1, 0.15) is 0 Å². The number of hydrogen-bond donors (Lipinski definition) is 3. The second-order valence-corrected chi connectivity index (χ2v) is 7.23. The summed E-state index contributed by atoms with van der Waals surface area (Å²) in [7, 11) is 0. The highest BCUT2D eigenvalue weighted by Gasteiger charge is 2.27. The molecule has 1 fully saturated rings. The Balaban J connectivity index is 1.56. The number of halogens is 2. The number of carbonyl (C=O) groups excluding carboxylic acids is 1. The van der Waals surface area contributed by atoms with Crippen molar-refractivity contribution in [3.8, 4) is 0 Å². The van der Waals surface area contributed by atoms with Crippen LogP contribution in [0.3, 0.4) is 0 Å². The zero-order valence-electron chi connectivity index (χ0n) is 14.2. The number of nitrogens with one attached hydrogen (secondary N) is 3. The van der Waals surface area contributed by atoms with E-state index in [4.69, 9.17) is 23.2 Å². The topological polar surface area (TPSA) is 134 Å². The summed E-state index contributed by atoms with van der Waals surface area (Å²) in [5.41, 5.74) is 2.12. The molecule has 2 aromatic heterocycles. The van der Waals surface area contributed by atoms with Crippen LogP contribution < -0.4 is 16.6 Å². The second-order valence-electron chi connectivity index (χ2n) is 6.41. The van der Waals surface area contributed by atoms with Gasteiger partial charge in [-0.05, 0) is 47.7 Å². The van der Waals surface area contributed by atoms with Crippen LogP contribution in [0.15, 0.2) is 32.3 Å². The minimum Gasteiger partial charge on any atom is -0.319 e. The van der Waals surface area contributed by atoms with Crippen LogP contribution in [-0.2, 0) is 6.42 Å². The number of nitrogens with zero attached hydrogens (tertiary/aromatic N) is 2. The largest absolute Gasteiger partial charge is 0.439 e. The minimum absolute atomic E-state index is 0.174. The van der Waals surface area contributed by atoms with E-state index >= 15 is 0 Å². The van der Waals surface area contributed by atoms with Gasteiger partial charge in [-0.15, -0.1) is 0 Å². The molecule has 0 radical (unpaired) electrons. The number of benzene rings is 1. The predicted octanol–water partition coefficient (Wildman–Crippen LogP) is 2.47. The average Bonchev–Trinajstić information content (AvgIpc) is 3.39. The molecule has 1 saturated carbocycles. The molecule has 0 aliphatic heterocycles. The molecule has 144 valence electrons. The Morgan fingerprint density at radius 2 is 1.93 bits per heavy atom. The number of carbonyl (C=O) groups is 1. The summed E-state index contributed by atoms with van der Waals surface area (Å²) in [6.07, 6.45) is 2.32. The third kappa shape index (κ3) is 3.85. The SMILES string of the molecule is O=C(Nc1cc(Cl)c(Cc2cc(C3CC3)c(=O)[nH]n2)c(Cl)c1)c1noc(=O)[nH]1. The Morgan fingerprint density at radius 1 is 1.21 bits per heavy atom. The van der Waals surface area contributed by atoms with Crippen molar-refractivity contribution >= 4 is 34.8 Å². The van der Waals surface area contributed by atoms with E-state index < -0.39 is 11.7 Å². The summed E-state index contributed by atoms with van der Waals surface area (Å²) in [4.78, 5) is 37.0. The Bertz CT molecular complexity index is 1160. The molecule has 1 amide bonds. The molecule has 9 nitrogen and oxygen atoms in total. The van der Waals surface area contributed by atoms with Gasteiger partial charge in [-0.1, -0.05) is 23.2 Å². The molecule has 0 unspecified atom stereocenters. The van der Waals surface area contributed by atoms with Gasteiger partial charge in [-0.3, -0.25) is 19.1 Å². The number of amides is 1. The number of hydrogen-bond acceptors (Lipinski definition) is 6. The summed E-state index contributed by atoms with van der Waals surface area (Å²) < 4.78 is 4.29. The van der Waals surface area contributed by atoms with E-state index in [0.29, 0.717) is 33.4 Å². The van der Waals surface area contributed by atoms with Gasteiger partial charge in [0.15, 0.2) is 0 Å². The molecule has 28 heavy (non-hydrogen) atoms. The lowest BCUT2D eigenvalue weighted by molar-refractivity contribution is 0.101. The van der Waals surface area contributed by atoms with Crippen LogP contribution >= 0.6 is 23.2 Å². The summed E-state index contributed by atoms with van der Waals surface area (Å²) >= 11 is 12.7. The van der Waals surface area contributed by atoms with Crippen molar-refractivity contribution in [3.63, 3.8) is 0 Å². The van der Waals surface area contributed by atoms with Crippen molar-refractivity contribution in [2.45, 2.75) is 25.2 Å². The molecule has 0 spiro atoms. The zero-order chi connectivity index (χ0) is 19.8. The molecule has 0 bridgehead atoms. The van der Waals surface area contributed by atoms with Gasteiger partial charge in [0.05, 0.1) is 5.69 Å². The first-order chi connectivity index (χ1) is 13.4. The molecule has 1 aromatic carbocycles. The van der Waals surface area contributed by atoms with Crippen molar-refractivity contribution in [1.29, 1.82) is 0 Å². The van der Waals surface area contributed by atoms with Gasteiger partial charge in [0, 0.05) is 27.7 Å². The van der Waals surface area contributed by atoms with Gasteiger partial charge in [-0.25, -0.2) is 9.89 Å². The fourth-order valence-corrected chi connectivity index (χ4v) is 3.42. The van der Waals surface area contributed by atoms with E-state index in [-0.39, 0.29) is 17.3 Å². The van der Waals surface area contributed by atoms with E-state index in [1.165, 1.54) is 12.1 Å². The van der Waals surface area contributed by atoms with Gasteiger partial charge >= 0.3 is 5.76 Å². The summed E-state index contributed by atoms with van der Waals surface area (Å²) in [6, 6.07) is 4.82. The minimum atomic E-state index is -0.837. The lowest BCUT2D eigenvalue weighted by atomic mass is 10.1. The molecule has 2 heterocycles. The highest BCUT2D eigenvalue weighted by atomic mass is 35.5. The van der Waals surface area contributed by atoms with Crippen LogP contribution in [0.2, 0.25) is 10.0 Å². The van der Waals surface area contributed by atoms with Crippen LogP contribution in [0.25, 0.3) is 0 Å². The van der Waals surface area contributed by atoms with Gasteiger partial charge in [0.25, 0.3) is 11.5 Å². The highest BCUT2D eigenvalue weighted by molar-refractivity contribution is 6.36. The molecule has 4 rings (SSSR count). The van der Waals surface area contributed by atoms with E-state index in [1.807, 2.05) is 0 Å². The van der Waals surface area contributed by atoms with Crippen LogP contribution in [0, 0.1) is 0 Å². The zero-order valence-corrected chi connectivity index (χ0v) is 15.7. The van der Waals surface area contributed by atoms with Crippen molar-refractivity contribution < 1.29 is 9.32 Å². The molecule has 3 aromatic rings. The molecule has 1 aliphatic rings. The van der Waals surface area contributed by atoms with Crippen LogP contribution in [0.4, 0.5) is 5.69 Å². The van der Waals surface area contributed by atoms with E-state index in [1.54, 1.807) is 6.07 Å². The number of rotatable bonds is 5. The fraction of sp³-hybridized carbons (Fsp3) is 0.235. The molecule has 3 N–H and O–H groups in total. The van der Waals surface area contributed by atoms with Gasteiger partial charge in [-0.2, -0.15) is 5.10 Å². The molecular weight excluding hydrogens is 409 g/mol. The Kier molecular flexibility index (Phi) is 4.78. The van der Waals surface area contributed by atoms with Crippen LogP contribution in [0.5, 0.6) is 0 Å². The Hall–Kier alpha value is -2.91. The maximum Gasteiger partial charge on any atom is 0.439 e. The standard InChI is InChI=1S/C17H13Cl2N5O4/c18-12-5-8(20-16(26)14-21-17(27)28-24-14)6-13(19)11(12)4-9-3-10(7-1-2-7)15(25)23-22-9/h3,5-7H,1-2,4H2,(H,20,26)(H,23,25)(H,21,24,27). The summed E-state index contributed by atoms with van der Waals surface area (Å²) in [6.45, 7) is 0. The van der Waals surface area contributed by atoms with Crippen molar-refractivity contribution in [2.75, 3.05) is 5.32 Å². The van der Waals surface area contributed by atoms with E-state index in [0.717, 1.165) is 18.4 Å². The highest BCUT2D eigenvalue weighted by Crippen LogP contribution is 2.38. The maximum absolute atomic E-state index is 12.0. The predicted molar refractivity (Wildman–Crippen MR) is 101 cm³/mol. The molecule has 0 atom stereocenters. The third-order valence-corrected chi connectivity index (χ3v) is 4.99. The number of anilines is 1. The Morgan fingerprint density at radius 3 is 2.54 bits per heavy atom. The van der Waals surface area contributed by atoms with Gasteiger partial charge < -0.3 is 5.32 Å². The first-order valence-corrected chi connectivity index (χ1v) is 9.10. The lowest BCUT2D eigenvalue weighted by Crippen LogP contribution is -2.16. The lowest BCUT2D eigenvalue weighted by Gasteiger charge is -2.11. The van der Waals surface area contributed by atoms with Crippen LogP contribution in [-0.4, -0.2) is 26.2 Å². The average molecular weight is 422 g/mol. The van der Waals surface area contributed by atoms with E-state index in [9.17, 15) is 14.4 Å². The van der Waals surface area contributed by atoms with Gasteiger partial charge in [0.2, 0.25) is 5.82 Å². The summed E-state index contributed by atoms with van der Waals surface area (Å²) in [5.74, 6) is -1.50. The molecule has 11 heteroatoms. The first-order valence-electron chi connectivity index (χ1n) is 8.34. The fourth-order valence-electron chi connectivity index (χ4n) is 2.80.